The van der Waals surface area contributed by atoms with Gasteiger partial charge in [0.05, 0.1) is 40.3 Å². The fourth-order valence-corrected chi connectivity index (χ4v) is 3.38. The maximum atomic E-state index is 12.1. The first-order valence-electron chi connectivity index (χ1n) is 7.41. The molecule has 0 aliphatic carbocycles. The van der Waals surface area contributed by atoms with Crippen LogP contribution >= 0.6 is 27.3 Å². The van der Waals surface area contributed by atoms with Gasteiger partial charge >= 0.3 is 0 Å². The Bertz CT molecular complexity index is 801. The largest absolute Gasteiger partial charge is 0.375 e. The average Bonchev–Trinajstić information content (AvgIpc) is 3.22. The lowest BCUT2D eigenvalue weighted by Crippen LogP contribution is -2.09. The van der Waals surface area contributed by atoms with E-state index >= 15 is 0 Å². The van der Waals surface area contributed by atoms with E-state index in [-0.39, 0.29) is 5.91 Å². The number of nitrogens with zero attached hydrogens (tertiary/aromatic N) is 2. The predicted molar refractivity (Wildman–Crippen MR) is 98.3 cm³/mol. The molecule has 2 heterocycles. The van der Waals surface area contributed by atoms with E-state index in [1.807, 2.05) is 36.4 Å². The Morgan fingerprint density at radius 1 is 1.25 bits per heavy atom. The monoisotopic (exact) mass is 405 g/mol. The number of halogens is 1. The van der Waals surface area contributed by atoms with Gasteiger partial charge in [-0.05, 0) is 33.6 Å². The minimum absolute atomic E-state index is 0.134. The number of rotatable bonds is 7. The number of benzene rings is 1. The van der Waals surface area contributed by atoms with Crippen molar-refractivity contribution < 1.29 is 9.53 Å². The first kappa shape index (κ1) is 16.9. The molecule has 0 saturated carbocycles. The molecule has 0 saturated heterocycles. The molecule has 24 heavy (non-hydrogen) atoms. The van der Waals surface area contributed by atoms with Crippen LogP contribution in [0.25, 0.3) is 0 Å². The number of thiophene rings is 1. The highest BCUT2D eigenvalue weighted by Crippen LogP contribution is 2.22. The van der Waals surface area contributed by atoms with Crippen molar-refractivity contribution in [2.75, 3.05) is 11.9 Å². The van der Waals surface area contributed by atoms with Crippen LogP contribution in [0.2, 0.25) is 0 Å². The normalized spacial score (nSPS) is 10.7. The molecule has 2 aromatic heterocycles. The minimum atomic E-state index is -0.134. The fourth-order valence-electron chi connectivity index (χ4n) is 2.10. The summed E-state index contributed by atoms with van der Waals surface area (Å²) in [6, 6.07) is 13.7. The number of carbonyl (C=O) groups excluding carboxylic acids is 1. The summed E-state index contributed by atoms with van der Waals surface area (Å²) in [5, 5.41) is 7.06. The Kier molecular flexibility index (Phi) is 5.79. The lowest BCUT2D eigenvalue weighted by atomic mass is 10.2. The third kappa shape index (κ3) is 4.77. The first-order chi connectivity index (χ1) is 11.7. The number of aromatic nitrogens is 2. The van der Waals surface area contributed by atoms with Crippen LogP contribution in [0.1, 0.15) is 15.2 Å². The number of hydrogen-bond acceptors (Lipinski definition) is 4. The van der Waals surface area contributed by atoms with Gasteiger partial charge in [0.25, 0.3) is 5.91 Å². The SMILES string of the molecule is O=C(Nc1cnn(CCOCc2ccccc2)c1)c1ccc(Br)s1. The highest BCUT2D eigenvalue weighted by molar-refractivity contribution is 9.11. The summed E-state index contributed by atoms with van der Waals surface area (Å²) in [5.74, 6) is -0.134. The Hall–Kier alpha value is -1.96. The number of nitrogens with one attached hydrogen (secondary N) is 1. The maximum Gasteiger partial charge on any atom is 0.265 e. The van der Waals surface area contributed by atoms with Crippen molar-refractivity contribution >= 4 is 38.9 Å². The molecule has 1 aromatic carbocycles. The van der Waals surface area contributed by atoms with Crippen LogP contribution in [-0.2, 0) is 17.9 Å². The number of anilines is 1. The Labute approximate surface area is 152 Å². The van der Waals surface area contributed by atoms with Crippen molar-refractivity contribution in [3.63, 3.8) is 0 Å². The number of amides is 1. The molecule has 124 valence electrons. The molecule has 0 fully saturated rings. The van der Waals surface area contributed by atoms with E-state index in [2.05, 4.69) is 26.3 Å². The molecular weight excluding hydrogens is 390 g/mol. The second kappa shape index (κ2) is 8.23. The van der Waals surface area contributed by atoms with Crippen LogP contribution in [0.4, 0.5) is 5.69 Å². The summed E-state index contributed by atoms with van der Waals surface area (Å²) in [5.41, 5.74) is 1.82. The second-order valence-corrected chi connectivity index (χ2v) is 7.55. The molecule has 3 rings (SSSR count). The van der Waals surface area contributed by atoms with Crippen molar-refractivity contribution in [2.45, 2.75) is 13.2 Å². The molecule has 0 bridgehead atoms. The molecule has 0 atom stereocenters. The predicted octanol–water partition coefficient (Wildman–Crippen LogP) is 4.18. The van der Waals surface area contributed by atoms with Crippen LogP contribution in [0.5, 0.6) is 0 Å². The third-order valence-corrected chi connectivity index (χ3v) is 4.89. The Morgan fingerprint density at radius 3 is 2.83 bits per heavy atom. The molecular formula is C17H16BrN3O2S. The van der Waals surface area contributed by atoms with E-state index in [1.54, 1.807) is 23.1 Å². The van der Waals surface area contributed by atoms with E-state index < -0.39 is 0 Å². The summed E-state index contributed by atoms with van der Waals surface area (Å²) in [6.07, 6.45) is 3.43. The zero-order chi connectivity index (χ0) is 16.8. The van der Waals surface area contributed by atoms with E-state index in [0.717, 1.165) is 9.35 Å². The van der Waals surface area contributed by atoms with Gasteiger partial charge in [0.15, 0.2) is 0 Å². The van der Waals surface area contributed by atoms with E-state index in [9.17, 15) is 4.79 Å². The topological polar surface area (TPSA) is 56.2 Å². The molecule has 1 amide bonds. The zero-order valence-electron chi connectivity index (χ0n) is 12.8. The highest BCUT2D eigenvalue weighted by Gasteiger charge is 2.09. The van der Waals surface area contributed by atoms with Crippen molar-refractivity contribution in [3.05, 3.63) is 69.1 Å². The average molecular weight is 406 g/mol. The molecule has 0 unspecified atom stereocenters. The van der Waals surface area contributed by atoms with Gasteiger partial charge in [-0.3, -0.25) is 9.48 Å². The van der Waals surface area contributed by atoms with Crippen molar-refractivity contribution in [3.8, 4) is 0 Å². The molecule has 0 aliphatic rings. The Balaban J connectivity index is 1.44. The second-order valence-electron chi connectivity index (χ2n) is 5.09. The maximum absolute atomic E-state index is 12.1. The summed E-state index contributed by atoms with van der Waals surface area (Å²) in [7, 11) is 0. The van der Waals surface area contributed by atoms with Crippen molar-refractivity contribution in [1.29, 1.82) is 0 Å². The number of ether oxygens (including phenoxy) is 1. The van der Waals surface area contributed by atoms with Gasteiger partial charge in [-0.25, -0.2) is 0 Å². The van der Waals surface area contributed by atoms with E-state index in [0.29, 0.717) is 30.3 Å². The summed E-state index contributed by atoms with van der Waals surface area (Å²) in [4.78, 5) is 12.7. The van der Waals surface area contributed by atoms with Gasteiger partial charge < -0.3 is 10.1 Å². The van der Waals surface area contributed by atoms with Gasteiger partial charge in [0.2, 0.25) is 0 Å². The third-order valence-electron chi connectivity index (χ3n) is 3.26. The standard InChI is InChI=1S/C17H16BrN3O2S/c18-16-7-6-15(24-16)17(22)20-14-10-19-21(11-14)8-9-23-12-13-4-2-1-3-5-13/h1-7,10-11H,8-9,12H2,(H,20,22). The quantitative estimate of drug-likeness (QED) is 0.599. The smallest absolute Gasteiger partial charge is 0.265 e. The number of carbonyl (C=O) groups is 1. The summed E-state index contributed by atoms with van der Waals surface area (Å²) >= 11 is 4.74. The van der Waals surface area contributed by atoms with Crippen LogP contribution in [0.3, 0.4) is 0 Å². The van der Waals surface area contributed by atoms with Gasteiger partial charge in [0, 0.05) is 6.20 Å². The Morgan fingerprint density at radius 2 is 2.08 bits per heavy atom. The van der Waals surface area contributed by atoms with Gasteiger partial charge in [-0.15, -0.1) is 11.3 Å². The van der Waals surface area contributed by atoms with Gasteiger partial charge in [-0.2, -0.15) is 5.10 Å². The highest BCUT2D eigenvalue weighted by atomic mass is 79.9. The van der Waals surface area contributed by atoms with Gasteiger partial charge in [0.1, 0.15) is 0 Å². The lowest BCUT2D eigenvalue weighted by molar-refractivity contribution is 0.103. The van der Waals surface area contributed by atoms with Crippen LogP contribution < -0.4 is 5.32 Å². The molecule has 7 heteroatoms. The molecule has 0 radical (unpaired) electrons. The summed E-state index contributed by atoms with van der Waals surface area (Å²) in [6.45, 7) is 1.77. The fraction of sp³-hybridized carbons (Fsp3) is 0.176. The molecule has 3 aromatic rings. The zero-order valence-corrected chi connectivity index (χ0v) is 15.2. The molecule has 0 aliphatic heterocycles. The minimum Gasteiger partial charge on any atom is -0.375 e. The van der Waals surface area contributed by atoms with Crippen LogP contribution in [-0.4, -0.2) is 22.3 Å². The van der Waals surface area contributed by atoms with Crippen molar-refractivity contribution in [2.24, 2.45) is 0 Å². The number of hydrogen-bond donors (Lipinski definition) is 1. The molecule has 1 N–H and O–H groups in total. The first-order valence-corrected chi connectivity index (χ1v) is 9.02. The molecule has 5 nitrogen and oxygen atoms in total. The van der Waals surface area contributed by atoms with E-state index in [4.69, 9.17) is 4.74 Å². The van der Waals surface area contributed by atoms with Gasteiger partial charge in [-0.1, -0.05) is 30.3 Å². The van der Waals surface area contributed by atoms with Crippen LogP contribution in [0.15, 0.2) is 58.6 Å². The van der Waals surface area contributed by atoms with E-state index in [1.165, 1.54) is 11.3 Å². The summed E-state index contributed by atoms with van der Waals surface area (Å²) < 4.78 is 8.32. The van der Waals surface area contributed by atoms with Crippen molar-refractivity contribution in [1.82, 2.24) is 9.78 Å². The lowest BCUT2D eigenvalue weighted by Gasteiger charge is -2.04. The van der Waals surface area contributed by atoms with Crippen LogP contribution in [0, 0.1) is 0 Å². The molecule has 0 spiro atoms.